The van der Waals surface area contributed by atoms with Crippen LogP contribution >= 0.6 is 0 Å². The maximum absolute atomic E-state index is 12.3. The summed E-state index contributed by atoms with van der Waals surface area (Å²) in [6.45, 7) is 0. The van der Waals surface area contributed by atoms with Gasteiger partial charge in [-0.25, -0.2) is 0 Å². The summed E-state index contributed by atoms with van der Waals surface area (Å²) in [5, 5.41) is 11.0. The summed E-state index contributed by atoms with van der Waals surface area (Å²) in [6, 6.07) is 18.8. The molecule has 1 N–H and O–H groups in total. The summed E-state index contributed by atoms with van der Waals surface area (Å²) in [4.78, 5) is 14.2. The molecule has 7 nitrogen and oxygen atoms in total. The van der Waals surface area contributed by atoms with Gasteiger partial charge < -0.3 is 19.7 Å². The Morgan fingerprint density at radius 3 is 2.36 bits per heavy atom. The first-order valence-corrected chi connectivity index (χ1v) is 8.74. The van der Waals surface area contributed by atoms with Gasteiger partial charge in [-0.3, -0.25) is 4.79 Å². The van der Waals surface area contributed by atoms with Gasteiger partial charge >= 0.3 is 0 Å². The Kier molecular flexibility index (Phi) is 6.06. The van der Waals surface area contributed by atoms with Gasteiger partial charge in [-0.1, -0.05) is 24.3 Å². The van der Waals surface area contributed by atoms with Crippen molar-refractivity contribution in [3.05, 3.63) is 66.2 Å². The van der Waals surface area contributed by atoms with Gasteiger partial charge in [0.2, 0.25) is 5.91 Å². The Morgan fingerprint density at radius 2 is 1.71 bits per heavy atom. The minimum Gasteiger partial charge on any atom is -0.493 e. The number of nitrogens with one attached hydrogen (secondary N) is 1. The van der Waals surface area contributed by atoms with Crippen molar-refractivity contribution in [2.75, 3.05) is 31.5 Å². The van der Waals surface area contributed by atoms with E-state index in [4.69, 9.17) is 9.47 Å². The van der Waals surface area contributed by atoms with Crippen LogP contribution in [0.15, 0.2) is 60.7 Å². The summed E-state index contributed by atoms with van der Waals surface area (Å²) in [5.41, 5.74) is 1.81. The molecule has 0 spiro atoms. The van der Waals surface area contributed by atoms with E-state index in [0.29, 0.717) is 23.1 Å². The Labute approximate surface area is 163 Å². The van der Waals surface area contributed by atoms with E-state index in [2.05, 4.69) is 15.5 Å². The second kappa shape index (κ2) is 8.85. The van der Waals surface area contributed by atoms with E-state index in [1.807, 2.05) is 54.4 Å². The lowest BCUT2D eigenvalue weighted by Gasteiger charge is -2.17. The van der Waals surface area contributed by atoms with Crippen molar-refractivity contribution >= 4 is 23.2 Å². The number of anilines is 3. The molecule has 0 radical (unpaired) electrons. The molecule has 144 valence electrons. The normalized spacial score (nSPS) is 10.2. The summed E-state index contributed by atoms with van der Waals surface area (Å²) in [5.74, 6) is 2.10. The smallest absolute Gasteiger partial charge is 0.229 e. The van der Waals surface area contributed by atoms with E-state index in [1.165, 1.54) is 0 Å². The van der Waals surface area contributed by atoms with Crippen LogP contribution in [0.4, 0.5) is 17.3 Å². The van der Waals surface area contributed by atoms with Gasteiger partial charge in [0.1, 0.15) is 0 Å². The average molecular weight is 378 g/mol. The molecular formula is C21H22N4O3. The zero-order chi connectivity index (χ0) is 19.9. The van der Waals surface area contributed by atoms with E-state index in [0.717, 1.165) is 11.3 Å². The van der Waals surface area contributed by atoms with Crippen molar-refractivity contribution in [1.82, 2.24) is 10.2 Å². The Morgan fingerprint density at radius 1 is 0.964 bits per heavy atom. The molecule has 28 heavy (non-hydrogen) atoms. The monoisotopic (exact) mass is 378 g/mol. The molecule has 0 bridgehead atoms. The number of rotatable bonds is 7. The van der Waals surface area contributed by atoms with Crippen molar-refractivity contribution in [1.29, 1.82) is 0 Å². The number of hydrogen-bond donors (Lipinski definition) is 1. The number of carbonyl (C=O) groups is 1. The number of benzene rings is 2. The maximum Gasteiger partial charge on any atom is 0.229 e. The lowest BCUT2D eigenvalue weighted by atomic mass is 10.1. The topological polar surface area (TPSA) is 76.6 Å². The van der Waals surface area contributed by atoms with Crippen molar-refractivity contribution < 1.29 is 14.3 Å². The molecule has 0 aliphatic rings. The average Bonchev–Trinajstić information content (AvgIpc) is 2.74. The number of methoxy groups -OCH3 is 2. The number of para-hydroxylation sites is 1. The standard InChI is InChI=1S/C21H22N4O3/c1-25(16-7-5-4-6-8-16)20-12-11-19(23-24-20)22-21(26)14-15-9-10-17(27-2)18(13-15)28-3/h4-13H,14H2,1-3H3,(H,22,23,26). The molecule has 0 unspecified atom stereocenters. The lowest BCUT2D eigenvalue weighted by Crippen LogP contribution is -2.17. The number of nitrogens with zero attached hydrogens (tertiary/aromatic N) is 3. The summed E-state index contributed by atoms with van der Waals surface area (Å²) in [6.07, 6.45) is 0.188. The fourth-order valence-electron chi connectivity index (χ4n) is 2.72. The molecule has 0 aliphatic carbocycles. The van der Waals surface area contributed by atoms with Gasteiger partial charge in [0.05, 0.1) is 20.6 Å². The molecule has 1 amide bonds. The van der Waals surface area contributed by atoms with Crippen LogP contribution in [0.2, 0.25) is 0 Å². The van der Waals surface area contributed by atoms with E-state index in [9.17, 15) is 4.79 Å². The third kappa shape index (κ3) is 4.56. The SMILES string of the molecule is COc1ccc(CC(=O)Nc2ccc(N(C)c3ccccc3)nn2)cc1OC. The predicted octanol–water partition coefficient (Wildman–Crippen LogP) is 3.44. The summed E-state index contributed by atoms with van der Waals surface area (Å²) in [7, 11) is 5.04. The fourth-order valence-corrected chi connectivity index (χ4v) is 2.72. The minimum absolute atomic E-state index is 0.188. The van der Waals surface area contributed by atoms with Crippen molar-refractivity contribution in [2.24, 2.45) is 0 Å². The van der Waals surface area contributed by atoms with Crippen LogP contribution in [0.5, 0.6) is 11.5 Å². The summed E-state index contributed by atoms with van der Waals surface area (Å²) >= 11 is 0. The number of hydrogen-bond acceptors (Lipinski definition) is 6. The minimum atomic E-state index is -0.189. The van der Waals surface area contributed by atoms with Crippen LogP contribution in [0.25, 0.3) is 0 Å². The van der Waals surface area contributed by atoms with E-state index in [-0.39, 0.29) is 12.3 Å². The van der Waals surface area contributed by atoms with E-state index < -0.39 is 0 Å². The Balaban J connectivity index is 1.63. The fraction of sp³-hybridized carbons (Fsp3) is 0.190. The number of ether oxygens (including phenoxy) is 2. The van der Waals surface area contributed by atoms with Gasteiger partial charge in [0.15, 0.2) is 23.1 Å². The molecule has 1 aromatic heterocycles. The van der Waals surface area contributed by atoms with Gasteiger partial charge in [-0.05, 0) is 42.0 Å². The molecule has 3 aromatic rings. The molecule has 0 fully saturated rings. The first kappa shape index (κ1) is 19.2. The van der Waals surface area contributed by atoms with E-state index >= 15 is 0 Å². The second-order valence-corrected chi connectivity index (χ2v) is 6.09. The molecule has 2 aromatic carbocycles. The quantitative estimate of drug-likeness (QED) is 0.679. The third-order valence-corrected chi connectivity index (χ3v) is 4.22. The van der Waals surface area contributed by atoms with Crippen LogP contribution in [-0.4, -0.2) is 37.4 Å². The van der Waals surface area contributed by atoms with Gasteiger partial charge in [-0.2, -0.15) is 0 Å². The molecule has 0 atom stereocenters. The Bertz CT molecular complexity index is 930. The number of amides is 1. The molecule has 0 saturated carbocycles. The zero-order valence-corrected chi connectivity index (χ0v) is 16.0. The highest BCUT2D eigenvalue weighted by molar-refractivity contribution is 5.91. The summed E-state index contributed by atoms with van der Waals surface area (Å²) < 4.78 is 10.5. The predicted molar refractivity (Wildman–Crippen MR) is 108 cm³/mol. The van der Waals surface area contributed by atoms with Gasteiger partial charge in [0, 0.05) is 12.7 Å². The van der Waals surface area contributed by atoms with Crippen LogP contribution in [0.3, 0.4) is 0 Å². The van der Waals surface area contributed by atoms with Crippen molar-refractivity contribution in [3.63, 3.8) is 0 Å². The number of carbonyl (C=O) groups excluding carboxylic acids is 1. The number of aromatic nitrogens is 2. The highest BCUT2D eigenvalue weighted by Crippen LogP contribution is 2.27. The van der Waals surface area contributed by atoms with Crippen molar-refractivity contribution in [2.45, 2.75) is 6.42 Å². The van der Waals surface area contributed by atoms with Crippen LogP contribution in [0.1, 0.15) is 5.56 Å². The molecule has 0 saturated heterocycles. The zero-order valence-electron chi connectivity index (χ0n) is 16.0. The van der Waals surface area contributed by atoms with E-state index in [1.54, 1.807) is 32.4 Å². The highest BCUT2D eigenvalue weighted by Gasteiger charge is 2.10. The molecule has 3 rings (SSSR count). The molecule has 1 heterocycles. The molecule has 7 heteroatoms. The molecular weight excluding hydrogens is 356 g/mol. The molecule has 0 aliphatic heterocycles. The van der Waals surface area contributed by atoms with Crippen LogP contribution < -0.4 is 19.7 Å². The second-order valence-electron chi connectivity index (χ2n) is 6.09. The first-order valence-electron chi connectivity index (χ1n) is 8.74. The van der Waals surface area contributed by atoms with Crippen LogP contribution in [-0.2, 0) is 11.2 Å². The van der Waals surface area contributed by atoms with Gasteiger partial charge in [0.25, 0.3) is 0 Å². The maximum atomic E-state index is 12.3. The highest BCUT2D eigenvalue weighted by atomic mass is 16.5. The Hall–Kier alpha value is -3.61. The van der Waals surface area contributed by atoms with Gasteiger partial charge in [-0.15, -0.1) is 10.2 Å². The lowest BCUT2D eigenvalue weighted by molar-refractivity contribution is -0.115. The van der Waals surface area contributed by atoms with Crippen molar-refractivity contribution in [3.8, 4) is 11.5 Å². The third-order valence-electron chi connectivity index (χ3n) is 4.22. The first-order chi connectivity index (χ1) is 13.6. The largest absolute Gasteiger partial charge is 0.493 e. The van der Waals surface area contributed by atoms with Crippen LogP contribution in [0, 0.1) is 0 Å².